The van der Waals surface area contributed by atoms with Gasteiger partial charge in [-0.1, -0.05) is 19.1 Å². The first-order valence-corrected chi connectivity index (χ1v) is 3.84. The van der Waals surface area contributed by atoms with Gasteiger partial charge in [-0.2, -0.15) is 0 Å². The van der Waals surface area contributed by atoms with E-state index < -0.39 is 0 Å². The summed E-state index contributed by atoms with van der Waals surface area (Å²) in [5, 5.41) is 2.25. The van der Waals surface area contributed by atoms with Crippen LogP contribution in [-0.4, -0.2) is 9.97 Å². The van der Waals surface area contributed by atoms with Crippen LogP contribution in [-0.2, 0) is 0 Å². The Labute approximate surface area is 65.3 Å². The van der Waals surface area contributed by atoms with E-state index in [1.165, 1.54) is 5.22 Å². The minimum atomic E-state index is 0.623. The van der Waals surface area contributed by atoms with Gasteiger partial charge in [0.05, 0.1) is 5.35 Å². The molecule has 0 fully saturated rings. The standard InChI is InChI=1S/C9H10N2/c1-7-2-3-8-5-10-6-11-9(8)4-7/h3-7H,2H2,1H3. The molecule has 0 radical (unpaired) electrons. The second-order valence-corrected chi connectivity index (χ2v) is 2.95. The van der Waals surface area contributed by atoms with Crippen LogP contribution in [0, 0.1) is 5.92 Å². The summed E-state index contributed by atoms with van der Waals surface area (Å²) >= 11 is 0. The third-order valence-corrected chi connectivity index (χ3v) is 1.92. The third-order valence-electron chi connectivity index (χ3n) is 1.92. The molecular formula is C9H10N2. The molecule has 1 unspecified atom stereocenters. The zero-order valence-corrected chi connectivity index (χ0v) is 6.49. The van der Waals surface area contributed by atoms with Crippen molar-refractivity contribution in [2.24, 2.45) is 5.92 Å². The van der Waals surface area contributed by atoms with E-state index in [-0.39, 0.29) is 0 Å². The Hall–Kier alpha value is -1.18. The Morgan fingerprint density at radius 2 is 2.45 bits per heavy atom. The Morgan fingerprint density at radius 1 is 1.55 bits per heavy atom. The molecule has 56 valence electrons. The maximum atomic E-state index is 4.17. The third kappa shape index (κ3) is 1.16. The number of hydrogen-bond acceptors (Lipinski definition) is 2. The fourth-order valence-electron chi connectivity index (χ4n) is 1.30. The maximum Gasteiger partial charge on any atom is 0.116 e. The van der Waals surface area contributed by atoms with Crippen molar-refractivity contribution in [2.75, 3.05) is 0 Å². The average molecular weight is 146 g/mol. The van der Waals surface area contributed by atoms with Crippen LogP contribution in [0.2, 0.25) is 0 Å². The summed E-state index contributed by atoms with van der Waals surface area (Å²) in [7, 11) is 0. The van der Waals surface area contributed by atoms with Gasteiger partial charge in [-0.15, -0.1) is 0 Å². The monoisotopic (exact) mass is 146 g/mol. The van der Waals surface area contributed by atoms with E-state index in [9.17, 15) is 0 Å². The highest BCUT2D eigenvalue weighted by Gasteiger charge is 2.00. The SMILES string of the molecule is CC1C=c2ncncc2=CC1. The van der Waals surface area contributed by atoms with E-state index in [4.69, 9.17) is 0 Å². The van der Waals surface area contributed by atoms with Crippen molar-refractivity contribution in [1.29, 1.82) is 0 Å². The molecule has 1 aromatic rings. The van der Waals surface area contributed by atoms with Gasteiger partial charge in [-0.25, -0.2) is 9.97 Å². The van der Waals surface area contributed by atoms with Crippen LogP contribution in [0.1, 0.15) is 13.3 Å². The van der Waals surface area contributed by atoms with Crippen LogP contribution in [0.3, 0.4) is 0 Å². The second kappa shape index (κ2) is 2.46. The molecule has 1 atom stereocenters. The zero-order chi connectivity index (χ0) is 7.68. The molecule has 0 bridgehead atoms. The van der Waals surface area contributed by atoms with E-state index in [0.717, 1.165) is 11.8 Å². The van der Waals surface area contributed by atoms with E-state index in [1.54, 1.807) is 6.33 Å². The molecule has 0 aliphatic heterocycles. The summed E-state index contributed by atoms with van der Waals surface area (Å²) < 4.78 is 0. The first-order valence-electron chi connectivity index (χ1n) is 3.84. The van der Waals surface area contributed by atoms with Gasteiger partial charge < -0.3 is 0 Å². The van der Waals surface area contributed by atoms with Gasteiger partial charge in [0.25, 0.3) is 0 Å². The molecule has 0 N–H and O–H groups in total. The number of aromatic nitrogens is 2. The van der Waals surface area contributed by atoms with Crippen molar-refractivity contribution >= 4 is 12.2 Å². The molecular weight excluding hydrogens is 136 g/mol. The van der Waals surface area contributed by atoms with Crippen molar-refractivity contribution in [2.45, 2.75) is 13.3 Å². The molecule has 1 aliphatic rings. The van der Waals surface area contributed by atoms with E-state index in [1.807, 2.05) is 6.20 Å². The summed E-state index contributed by atoms with van der Waals surface area (Å²) in [5.41, 5.74) is 0. The van der Waals surface area contributed by atoms with Crippen LogP contribution in [0.15, 0.2) is 12.5 Å². The van der Waals surface area contributed by atoms with Gasteiger partial charge in [0.2, 0.25) is 0 Å². The fraction of sp³-hybridized carbons (Fsp3) is 0.333. The first kappa shape index (κ1) is 6.53. The summed E-state index contributed by atoms with van der Waals surface area (Å²) in [6.45, 7) is 2.20. The zero-order valence-electron chi connectivity index (χ0n) is 6.49. The number of hydrogen-bond donors (Lipinski definition) is 0. The van der Waals surface area contributed by atoms with Crippen molar-refractivity contribution in [3.05, 3.63) is 23.1 Å². The molecule has 1 aliphatic carbocycles. The Balaban J connectivity index is 2.73. The lowest BCUT2D eigenvalue weighted by Crippen LogP contribution is -2.31. The van der Waals surface area contributed by atoms with Crippen molar-refractivity contribution < 1.29 is 0 Å². The molecule has 0 aromatic carbocycles. The highest BCUT2D eigenvalue weighted by molar-refractivity contribution is 5.36. The fourth-order valence-corrected chi connectivity index (χ4v) is 1.30. The largest absolute Gasteiger partial charge is 0.244 e. The molecule has 0 amide bonds. The molecule has 0 spiro atoms. The van der Waals surface area contributed by atoms with Crippen LogP contribution in [0.25, 0.3) is 12.2 Å². The topological polar surface area (TPSA) is 25.8 Å². The Kier molecular flexibility index (Phi) is 1.46. The average Bonchev–Trinajstić information content (AvgIpc) is 2.04. The Morgan fingerprint density at radius 3 is 3.36 bits per heavy atom. The molecule has 1 heterocycles. The van der Waals surface area contributed by atoms with Crippen LogP contribution in [0.4, 0.5) is 0 Å². The highest BCUT2D eigenvalue weighted by atomic mass is 14.8. The minimum absolute atomic E-state index is 0.623. The molecule has 0 saturated carbocycles. The van der Waals surface area contributed by atoms with Crippen molar-refractivity contribution in [3.63, 3.8) is 0 Å². The predicted molar refractivity (Wildman–Crippen MR) is 44.0 cm³/mol. The highest BCUT2D eigenvalue weighted by Crippen LogP contribution is 2.04. The van der Waals surface area contributed by atoms with Gasteiger partial charge in [0.15, 0.2) is 0 Å². The van der Waals surface area contributed by atoms with Crippen LogP contribution < -0.4 is 10.6 Å². The quantitative estimate of drug-likeness (QED) is 0.518. The van der Waals surface area contributed by atoms with Gasteiger partial charge in [-0.3, -0.25) is 0 Å². The first-order chi connectivity index (χ1) is 5.36. The summed E-state index contributed by atoms with van der Waals surface area (Å²) in [6.07, 6.45) is 8.96. The van der Waals surface area contributed by atoms with Crippen molar-refractivity contribution in [3.8, 4) is 0 Å². The number of nitrogens with zero attached hydrogens (tertiary/aromatic N) is 2. The Bertz CT molecular complexity index is 367. The number of rotatable bonds is 0. The second-order valence-electron chi connectivity index (χ2n) is 2.95. The van der Waals surface area contributed by atoms with E-state index in [2.05, 4.69) is 29.0 Å². The van der Waals surface area contributed by atoms with Gasteiger partial charge in [0.1, 0.15) is 6.33 Å². The maximum absolute atomic E-state index is 4.17. The molecule has 0 saturated heterocycles. The van der Waals surface area contributed by atoms with Crippen molar-refractivity contribution in [1.82, 2.24) is 9.97 Å². The summed E-state index contributed by atoms with van der Waals surface area (Å²) in [4.78, 5) is 8.13. The molecule has 2 nitrogen and oxygen atoms in total. The smallest absolute Gasteiger partial charge is 0.116 e. The number of fused-ring (bicyclic) bond motifs is 1. The van der Waals surface area contributed by atoms with E-state index >= 15 is 0 Å². The summed E-state index contributed by atoms with van der Waals surface area (Å²) in [5.74, 6) is 0.623. The molecule has 2 rings (SSSR count). The van der Waals surface area contributed by atoms with Gasteiger partial charge >= 0.3 is 0 Å². The van der Waals surface area contributed by atoms with E-state index in [0.29, 0.717) is 5.92 Å². The lowest BCUT2D eigenvalue weighted by molar-refractivity contribution is 0.792. The molecule has 2 heteroatoms. The van der Waals surface area contributed by atoms with Gasteiger partial charge in [-0.05, 0) is 12.3 Å². The summed E-state index contributed by atoms with van der Waals surface area (Å²) in [6, 6.07) is 0. The normalized spacial score (nSPS) is 21.4. The molecule has 11 heavy (non-hydrogen) atoms. The lowest BCUT2D eigenvalue weighted by atomic mass is 10.0. The van der Waals surface area contributed by atoms with Crippen LogP contribution in [0.5, 0.6) is 0 Å². The van der Waals surface area contributed by atoms with Gasteiger partial charge in [0, 0.05) is 11.4 Å². The van der Waals surface area contributed by atoms with Crippen LogP contribution >= 0.6 is 0 Å². The molecule has 1 aromatic heterocycles. The lowest BCUT2D eigenvalue weighted by Gasteiger charge is -2.05. The predicted octanol–water partition coefficient (Wildman–Crippen LogP) is 0.0774. The minimum Gasteiger partial charge on any atom is -0.244 e.